The topological polar surface area (TPSA) is 76.7 Å². The average molecular weight is 411 g/mol. The number of carbonyl (C=O) groups is 2. The van der Waals surface area contributed by atoms with Crippen molar-refractivity contribution in [2.45, 2.75) is 57.6 Å². The fraction of sp³-hybridized carbons (Fsp3) is 0.417. The fourth-order valence-corrected chi connectivity index (χ4v) is 3.71. The molecule has 0 spiro atoms. The van der Waals surface area contributed by atoms with E-state index in [1.807, 2.05) is 19.1 Å². The van der Waals surface area contributed by atoms with Crippen LogP contribution in [0.5, 0.6) is 11.5 Å². The van der Waals surface area contributed by atoms with Gasteiger partial charge in [0.25, 0.3) is 11.8 Å². The van der Waals surface area contributed by atoms with Gasteiger partial charge < -0.3 is 20.1 Å². The summed E-state index contributed by atoms with van der Waals surface area (Å²) in [5.74, 6) is 0.610. The summed E-state index contributed by atoms with van der Waals surface area (Å²) in [5, 5.41) is 5.98. The Balaban J connectivity index is 1.70. The number of hydrogen-bond acceptors (Lipinski definition) is 4. The molecule has 1 fully saturated rings. The molecule has 2 aromatic carbocycles. The van der Waals surface area contributed by atoms with Crippen LogP contribution in [0, 0.1) is 0 Å². The summed E-state index contributed by atoms with van der Waals surface area (Å²) in [5.41, 5.74) is 0.946. The number of ether oxygens (including phenoxy) is 2. The highest BCUT2D eigenvalue weighted by molar-refractivity contribution is 6.04. The fourth-order valence-electron chi connectivity index (χ4n) is 3.71. The molecule has 30 heavy (non-hydrogen) atoms. The third kappa shape index (κ3) is 5.53. The molecule has 2 amide bonds. The van der Waals surface area contributed by atoms with Crippen LogP contribution in [0.2, 0.25) is 0 Å². The van der Waals surface area contributed by atoms with Gasteiger partial charge in [0.1, 0.15) is 0 Å². The van der Waals surface area contributed by atoms with Crippen LogP contribution in [0.1, 0.15) is 55.8 Å². The van der Waals surface area contributed by atoms with Crippen LogP contribution in [-0.4, -0.2) is 31.1 Å². The standard InChI is InChI=1S/C24H30N2O4/c1-3-20(30-22-16-10-9-15-21(22)29-2)24(28)26-19-14-8-7-13-18(19)23(27)25-17-11-5-4-6-12-17/h7-10,13-17,20H,3-6,11-12H2,1-2H3,(H,25,27)(H,26,28)/t20-/m1/s1. The number of para-hydroxylation sites is 3. The molecule has 1 atom stereocenters. The van der Waals surface area contributed by atoms with Gasteiger partial charge in [-0.15, -0.1) is 0 Å². The molecule has 160 valence electrons. The summed E-state index contributed by atoms with van der Waals surface area (Å²) >= 11 is 0. The first-order valence-corrected chi connectivity index (χ1v) is 10.6. The number of anilines is 1. The van der Waals surface area contributed by atoms with Gasteiger partial charge in [0.15, 0.2) is 17.6 Å². The Morgan fingerprint density at radius 3 is 2.37 bits per heavy atom. The normalized spacial score (nSPS) is 15.1. The molecule has 2 aromatic rings. The summed E-state index contributed by atoms with van der Waals surface area (Å²) < 4.78 is 11.2. The molecule has 1 aliphatic carbocycles. The van der Waals surface area contributed by atoms with E-state index in [0.717, 1.165) is 25.7 Å². The molecule has 0 aliphatic heterocycles. The zero-order valence-electron chi connectivity index (χ0n) is 17.6. The molecule has 6 nitrogen and oxygen atoms in total. The van der Waals surface area contributed by atoms with Crippen molar-refractivity contribution in [2.75, 3.05) is 12.4 Å². The predicted octanol–water partition coefficient (Wildman–Crippen LogP) is 4.55. The van der Waals surface area contributed by atoms with Gasteiger partial charge in [-0.05, 0) is 43.5 Å². The number of benzene rings is 2. The van der Waals surface area contributed by atoms with Gasteiger partial charge in [0, 0.05) is 6.04 Å². The quantitative estimate of drug-likeness (QED) is 0.669. The molecular weight excluding hydrogens is 380 g/mol. The Morgan fingerprint density at radius 2 is 1.67 bits per heavy atom. The first-order valence-electron chi connectivity index (χ1n) is 10.6. The number of carbonyl (C=O) groups excluding carboxylic acids is 2. The Labute approximate surface area is 178 Å². The summed E-state index contributed by atoms with van der Waals surface area (Å²) in [6, 6.07) is 14.5. The van der Waals surface area contributed by atoms with E-state index in [1.54, 1.807) is 43.5 Å². The minimum atomic E-state index is -0.712. The van der Waals surface area contributed by atoms with Crippen LogP contribution in [0.15, 0.2) is 48.5 Å². The highest BCUT2D eigenvalue weighted by atomic mass is 16.5. The SMILES string of the molecule is CC[C@@H](Oc1ccccc1OC)C(=O)Nc1ccccc1C(=O)NC1CCCCC1. The third-order valence-electron chi connectivity index (χ3n) is 5.37. The van der Waals surface area contributed by atoms with Crippen LogP contribution < -0.4 is 20.1 Å². The van der Waals surface area contributed by atoms with Crippen LogP contribution >= 0.6 is 0 Å². The molecule has 0 saturated heterocycles. The number of rotatable bonds is 8. The Hall–Kier alpha value is -3.02. The second-order valence-electron chi connectivity index (χ2n) is 7.51. The van der Waals surface area contributed by atoms with Crippen LogP contribution in [0.4, 0.5) is 5.69 Å². The predicted molar refractivity (Wildman–Crippen MR) is 117 cm³/mol. The van der Waals surface area contributed by atoms with Crippen molar-refractivity contribution in [2.24, 2.45) is 0 Å². The summed E-state index contributed by atoms with van der Waals surface area (Å²) in [7, 11) is 1.56. The summed E-state index contributed by atoms with van der Waals surface area (Å²) in [6.07, 6.45) is 5.28. The molecule has 0 unspecified atom stereocenters. The lowest BCUT2D eigenvalue weighted by atomic mass is 9.95. The first-order chi connectivity index (χ1) is 14.6. The van der Waals surface area contributed by atoms with E-state index in [1.165, 1.54) is 6.42 Å². The second kappa shape index (κ2) is 10.7. The third-order valence-corrected chi connectivity index (χ3v) is 5.37. The van der Waals surface area contributed by atoms with E-state index in [2.05, 4.69) is 10.6 Å². The van der Waals surface area contributed by atoms with E-state index in [-0.39, 0.29) is 17.9 Å². The largest absolute Gasteiger partial charge is 0.493 e. The molecule has 6 heteroatoms. The average Bonchev–Trinajstić information content (AvgIpc) is 2.78. The zero-order chi connectivity index (χ0) is 21.3. The maximum Gasteiger partial charge on any atom is 0.265 e. The maximum absolute atomic E-state index is 12.9. The molecule has 0 heterocycles. The van der Waals surface area contributed by atoms with Crippen molar-refractivity contribution in [1.82, 2.24) is 5.32 Å². The maximum atomic E-state index is 12.9. The lowest BCUT2D eigenvalue weighted by Gasteiger charge is -2.23. The highest BCUT2D eigenvalue weighted by Gasteiger charge is 2.23. The minimum absolute atomic E-state index is 0.156. The molecule has 0 radical (unpaired) electrons. The van der Waals surface area contributed by atoms with Crippen LogP contribution in [0.3, 0.4) is 0 Å². The minimum Gasteiger partial charge on any atom is -0.493 e. The Kier molecular flexibility index (Phi) is 7.71. The van der Waals surface area contributed by atoms with Gasteiger partial charge in [-0.1, -0.05) is 50.5 Å². The molecule has 1 saturated carbocycles. The first kappa shape index (κ1) is 21.7. The number of nitrogens with one attached hydrogen (secondary N) is 2. The van der Waals surface area contributed by atoms with Crippen LogP contribution in [0.25, 0.3) is 0 Å². The van der Waals surface area contributed by atoms with Crippen molar-refractivity contribution in [3.8, 4) is 11.5 Å². The lowest BCUT2D eigenvalue weighted by Crippen LogP contribution is -2.37. The monoisotopic (exact) mass is 410 g/mol. The van der Waals surface area contributed by atoms with Crippen molar-refractivity contribution in [3.63, 3.8) is 0 Å². The molecule has 0 bridgehead atoms. The number of hydrogen-bond donors (Lipinski definition) is 2. The van der Waals surface area contributed by atoms with Crippen molar-refractivity contribution in [3.05, 3.63) is 54.1 Å². The van der Waals surface area contributed by atoms with Gasteiger partial charge in [-0.3, -0.25) is 9.59 Å². The molecular formula is C24H30N2O4. The highest BCUT2D eigenvalue weighted by Crippen LogP contribution is 2.28. The number of amides is 2. The van der Waals surface area contributed by atoms with E-state index in [4.69, 9.17) is 9.47 Å². The Morgan fingerprint density at radius 1 is 1.00 bits per heavy atom. The van der Waals surface area contributed by atoms with Crippen molar-refractivity contribution >= 4 is 17.5 Å². The van der Waals surface area contributed by atoms with E-state index < -0.39 is 6.10 Å². The van der Waals surface area contributed by atoms with Gasteiger partial charge in [-0.2, -0.15) is 0 Å². The van der Waals surface area contributed by atoms with E-state index in [9.17, 15) is 9.59 Å². The van der Waals surface area contributed by atoms with Crippen molar-refractivity contribution < 1.29 is 19.1 Å². The smallest absolute Gasteiger partial charge is 0.265 e. The van der Waals surface area contributed by atoms with Gasteiger partial charge in [0.05, 0.1) is 18.4 Å². The van der Waals surface area contributed by atoms with Gasteiger partial charge in [0.2, 0.25) is 0 Å². The zero-order valence-corrected chi connectivity index (χ0v) is 17.6. The molecule has 3 rings (SSSR count). The summed E-state index contributed by atoms with van der Waals surface area (Å²) in [6.45, 7) is 1.88. The van der Waals surface area contributed by atoms with E-state index in [0.29, 0.717) is 29.2 Å². The van der Waals surface area contributed by atoms with E-state index >= 15 is 0 Å². The van der Waals surface area contributed by atoms with Gasteiger partial charge in [-0.25, -0.2) is 0 Å². The van der Waals surface area contributed by atoms with Crippen molar-refractivity contribution in [1.29, 1.82) is 0 Å². The molecule has 0 aromatic heterocycles. The summed E-state index contributed by atoms with van der Waals surface area (Å²) in [4.78, 5) is 25.7. The second-order valence-corrected chi connectivity index (χ2v) is 7.51. The molecule has 2 N–H and O–H groups in total. The molecule has 1 aliphatic rings. The lowest BCUT2D eigenvalue weighted by molar-refractivity contribution is -0.122. The number of methoxy groups -OCH3 is 1. The Bertz CT molecular complexity index is 862. The van der Waals surface area contributed by atoms with Gasteiger partial charge >= 0.3 is 0 Å². The van der Waals surface area contributed by atoms with Crippen LogP contribution in [-0.2, 0) is 4.79 Å².